The van der Waals surface area contributed by atoms with E-state index in [2.05, 4.69) is 6.92 Å². The van der Waals surface area contributed by atoms with Crippen LogP contribution in [0.15, 0.2) is 36.4 Å². The molecule has 1 aromatic rings. The lowest BCUT2D eigenvalue weighted by atomic mass is 9.79. The van der Waals surface area contributed by atoms with E-state index >= 15 is 0 Å². The fourth-order valence-corrected chi connectivity index (χ4v) is 3.18. The summed E-state index contributed by atoms with van der Waals surface area (Å²) in [6.07, 6.45) is 5.40. The Balaban J connectivity index is 1.54. The number of ether oxygens (including phenoxy) is 2. The molecule has 0 bridgehead atoms. The van der Waals surface area contributed by atoms with Gasteiger partial charge in [0.15, 0.2) is 0 Å². The number of hydrogen-bond donors (Lipinski definition) is 0. The zero-order valence-corrected chi connectivity index (χ0v) is 14.2. The maximum Gasteiger partial charge on any atom is 0.338 e. The lowest BCUT2D eigenvalue weighted by Crippen LogP contribution is -2.43. The SMILES string of the molecule is CCCC1(CCOC(=O)c2ccc(N3C(=O)C=CC3=O)cc2)COC1. The highest BCUT2D eigenvalue weighted by Crippen LogP contribution is 2.36. The summed E-state index contributed by atoms with van der Waals surface area (Å²) < 4.78 is 10.7. The van der Waals surface area contributed by atoms with E-state index in [1.165, 1.54) is 12.2 Å². The van der Waals surface area contributed by atoms with Crippen LogP contribution < -0.4 is 4.90 Å². The van der Waals surface area contributed by atoms with Crippen molar-refractivity contribution in [3.8, 4) is 0 Å². The summed E-state index contributed by atoms with van der Waals surface area (Å²) in [5.41, 5.74) is 0.984. The molecule has 2 heterocycles. The summed E-state index contributed by atoms with van der Waals surface area (Å²) >= 11 is 0. The molecular formula is C19H21NO5. The van der Waals surface area contributed by atoms with Gasteiger partial charge in [0.05, 0.1) is 31.1 Å². The van der Waals surface area contributed by atoms with Crippen LogP contribution in [0.5, 0.6) is 0 Å². The molecule has 0 aromatic heterocycles. The van der Waals surface area contributed by atoms with Crippen LogP contribution in [0.3, 0.4) is 0 Å². The highest BCUT2D eigenvalue weighted by Gasteiger charge is 2.37. The molecule has 1 fully saturated rings. The van der Waals surface area contributed by atoms with Crippen molar-refractivity contribution in [2.24, 2.45) is 5.41 Å². The van der Waals surface area contributed by atoms with E-state index in [-0.39, 0.29) is 17.2 Å². The summed E-state index contributed by atoms with van der Waals surface area (Å²) in [6.45, 7) is 3.97. The molecule has 0 spiro atoms. The molecule has 0 unspecified atom stereocenters. The predicted molar refractivity (Wildman–Crippen MR) is 91.1 cm³/mol. The number of esters is 1. The predicted octanol–water partition coefficient (Wildman–Crippen LogP) is 2.48. The summed E-state index contributed by atoms with van der Waals surface area (Å²) in [5, 5.41) is 0. The molecule has 6 heteroatoms. The molecule has 2 aliphatic heterocycles. The lowest BCUT2D eigenvalue weighted by molar-refractivity contribution is -0.127. The number of nitrogens with zero attached hydrogens (tertiary/aromatic N) is 1. The highest BCUT2D eigenvalue weighted by molar-refractivity contribution is 6.28. The third-order valence-electron chi connectivity index (χ3n) is 4.63. The smallest absolute Gasteiger partial charge is 0.338 e. The normalized spacial score (nSPS) is 18.4. The van der Waals surface area contributed by atoms with Crippen LogP contribution in [0.2, 0.25) is 0 Å². The van der Waals surface area contributed by atoms with E-state index in [0.29, 0.717) is 17.9 Å². The third kappa shape index (κ3) is 3.64. The summed E-state index contributed by atoms with van der Waals surface area (Å²) in [5.74, 6) is -1.18. The molecule has 0 aliphatic carbocycles. The number of imide groups is 1. The van der Waals surface area contributed by atoms with Crippen LogP contribution in [0.4, 0.5) is 5.69 Å². The number of rotatable bonds is 7. The zero-order valence-electron chi connectivity index (χ0n) is 14.2. The van der Waals surface area contributed by atoms with E-state index in [1.807, 2.05) is 0 Å². The van der Waals surface area contributed by atoms with Crippen LogP contribution in [-0.2, 0) is 19.1 Å². The first kappa shape index (κ1) is 17.4. The number of carbonyl (C=O) groups is 3. The van der Waals surface area contributed by atoms with E-state index in [0.717, 1.165) is 37.4 Å². The number of hydrogen-bond acceptors (Lipinski definition) is 5. The van der Waals surface area contributed by atoms with Gasteiger partial charge >= 0.3 is 5.97 Å². The Hall–Kier alpha value is -2.47. The minimum atomic E-state index is -0.407. The molecular weight excluding hydrogens is 322 g/mol. The van der Waals surface area contributed by atoms with Gasteiger partial charge in [0.25, 0.3) is 11.8 Å². The van der Waals surface area contributed by atoms with Crippen molar-refractivity contribution in [2.75, 3.05) is 24.7 Å². The first-order valence-corrected chi connectivity index (χ1v) is 8.46. The summed E-state index contributed by atoms with van der Waals surface area (Å²) in [7, 11) is 0. The van der Waals surface area contributed by atoms with Gasteiger partial charge in [-0.15, -0.1) is 0 Å². The maximum absolute atomic E-state index is 12.1. The van der Waals surface area contributed by atoms with E-state index < -0.39 is 5.97 Å². The minimum absolute atomic E-state index is 0.155. The molecule has 3 rings (SSSR count). The Labute approximate surface area is 146 Å². The Morgan fingerprint density at radius 3 is 2.28 bits per heavy atom. The monoisotopic (exact) mass is 343 g/mol. The van der Waals surface area contributed by atoms with Crippen LogP contribution in [0, 0.1) is 5.41 Å². The Kier molecular flexibility index (Phi) is 4.99. The second-order valence-electron chi connectivity index (χ2n) is 6.52. The van der Waals surface area contributed by atoms with Gasteiger partial charge in [0, 0.05) is 17.6 Å². The average molecular weight is 343 g/mol. The van der Waals surface area contributed by atoms with Gasteiger partial charge in [-0.3, -0.25) is 9.59 Å². The highest BCUT2D eigenvalue weighted by atomic mass is 16.5. The van der Waals surface area contributed by atoms with Gasteiger partial charge in [-0.1, -0.05) is 13.3 Å². The van der Waals surface area contributed by atoms with E-state index in [9.17, 15) is 14.4 Å². The zero-order chi connectivity index (χ0) is 17.9. The summed E-state index contributed by atoms with van der Waals surface area (Å²) in [4.78, 5) is 36.5. The lowest BCUT2D eigenvalue weighted by Gasteiger charge is -2.41. The first-order valence-electron chi connectivity index (χ1n) is 8.46. The van der Waals surface area contributed by atoms with Crippen molar-refractivity contribution in [1.29, 1.82) is 0 Å². The average Bonchev–Trinajstić information content (AvgIpc) is 2.91. The van der Waals surface area contributed by atoms with Gasteiger partial charge in [-0.05, 0) is 37.1 Å². The molecule has 6 nitrogen and oxygen atoms in total. The van der Waals surface area contributed by atoms with Gasteiger partial charge in [0.1, 0.15) is 0 Å². The molecule has 2 aliphatic rings. The fraction of sp³-hybridized carbons (Fsp3) is 0.421. The van der Waals surface area contributed by atoms with Crippen LogP contribution >= 0.6 is 0 Å². The van der Waals surface area contributed by atoms with Crippen molar-refractivity contribution in [3.05, 3.63) is 42.0 Å². The molecule has 0 atom stereocenters. The third-order valence-corrected chi connectivity index (χ3v) is 4.63. The second kappa shape index (κ2) is 7.19. The minimum Gasteiger partial charge on any atom is -0.462 e. The van der Waals surface area contributed by atoms with Crippen LogP contribution in [-0.4, -0.2) is 37.6 Å². The Morgan fingerprint density at radius 2 is 1.76 bits per heavy atom. The molecule has 2 amide bonds. The van der Waals surface area contributed by atoms with Crippen LogP contribution in [0.1, 0.15) is 36.5 Å². The van der Waals surface area contributed by atoms with Gasteiger partial charge in [0.2, 0.25) is 0 Å². The molecule has 0 N–H and O–H groups in total. The molecule has 0 saturated carbocycles. The van der Waals surface area contributed by atoms with Gasteiger partial charge in [-0.2, -0.15) is 0 Å². The molecule has 25 heavy (non-hydrogen) atoms. The van der Waals surface area contributed by atoms with Gasteiger partial charge in [-0.25, -0.2) is 9.69 Å². The molecule has 1 aromatic carbocycles. The van der Waals surface area contributed by atoms with Crippen molar-refractivity contribution >= 4 is 23.5 Å². The number of carbonyl (C=O) groups excluding carboxylic acids is 3. The van der Waals surface area contributed by atoms with Crippen molar-refractivity contribution < 1.29 is 23.9 Å². The number of benzene rings is 1. The largest absolute Gasteiger partial charge is 0.462 e. The maximum atomic E-state index is 12.1. The van der Waals surface area contributed by atoms with Crippen molar-refractivity contribution in [3.63, 3.8) is 0 Å². The standard InChI is InChI=1S/C19H21NO5/c1-2-9-19(12-24-13-19)10-11-25-18(23)14-3-5-15(6-4-14)20-16(21)7-8-17(20)22/h3-8H,2,9-13H2,1H3. The first-order chi connectivity index (χ1) is 12.0. The van der Waals surface area contributed by atoms with Crippen molar-refractivity contribution in [2.45, 2.75) is 26.2 Å². The molecule has 1 saturated heterocycles. The Morgan fingerprint density at radius 1 is 1.12 bits per heavy atom. The van der Waals surface area contributed by atoms with Gasteiger partial charge < -0.3 is 9.47 Å². The van der Waals surface area contributed by atoms with E-state index in [4.69, 9.17) is 9.47 Å². The topological polar surface area (TPSA) is 72.9 Å². The van der Waals surface area contributed by atoms with E-state index in [1.54, 1.807) is 24.3 Å². The molecule has 0 radical (unpaired) electrons. The number of anilines is 1. The fourth-order valence-electron chi connectivity index (χ4n) is 3.18. The second-order valence-corrected chi connectivity index (χ2v) is 6.52. The Bertz CT molecular complexity index is 685. The van der Waals surface area contributed by atoms with Crippen molar-refractivity contribution in [1.82, 2.24) is 0 Å². The quantitative estimate of drug-likeness (QED) is 0.562. The molecule has 132 valence electrons. The summed E-state index contributed by atoms with van der Waals surface area (Å²) in [6, 6.07) is 6.26. The van der Waals surface area contributed by atoms with Crippen LogP contribution in [0.25, 0.3) is 0 Å². The number of amides is 2.